The standard InChI is InChI=1S/C17H20F3N3O3S/c1-12(5-8-21)22-16(24)13-6-9-23(10-7-13)27(25,26)15-4-2-3-14(11-15)17(18,19)20/h2-4,11-13H,5-7,9-10H2,1H3,(H,22,24)/t12-/m0/s1. The molecule has 0 bridgehead atoms. The van der Waals surface area contributed by atoms with Gasteiger partial charge in [-0.25, -0.2) is 8.42 Å². The fourth-order valence-electron chi connectivity index (χ4n) is 2.89. The first-order valence-corrected chi connectivity index (χ1v) is 9.84. The van der Waals surface area contributed by atoms with Crippen molar-refractivity contribution in [1.29, 1.82) is 5.26 Å². The lowest BCUT2D eigenvalue weighted by molar-refractivity contribution is -0.137. The Balaban J connectivity index is 2.05. The van der Waals surface area contributed by atoms with Gasteiger partial charge in [0.15, 0.2) is 0 Å². The molecule has 27 heavy (non-hydrogen) atoms. The van der Waals surface area contributed by atoms with Gasteiger partial charge in [-0.05, 0) is 38.0 Å². The SMILES string of the molecule is C[C@@H](CC#N)NC(=O)C1CCN(S(=O)(=O)c2cccc(C(F)(F)F)c2)CC1. The van der Waals surface area contributed by atoms with Crippen LogP contribution in [0.2, 0.25) is 0 Å². The second-order valence-electron chi connectivity index (χ2n) is 6.48. The number of halogens is 3. The van der Waals surface area contributed by atoms with E-state index in [2.05, 4.69) is 5.32 Å². The van der Waals surface area contributed by atoms with Crippen LogP contribution in [0.3, 0.4) is 0 Å². The quantitative estimate of drug-likeness (QED) is 0.818. The molecule has 1 amide bonds. The van der Waals surface area contributed by atoms with Crippen LogP contribution in [0.4, 0.5) is 13.2 Å². The molecule has 0 saturated carbocycles. The van der Waals surface area contributed by atoms with Crippen molar-refractivity contribution in [3.63, 3.8) is 0 Å². The maximum absolute atomic E-state index is 12.8. The molecule has 1 aromatic carbocycles. The molecule has 148 valence electrons. The van der Waals surface area contributed by atoms with Crippen LogP contribution in [0.15, 0.2) is 29.2 Å². The molecule has 2 rings (SSSR count). The maximum Gasteiger partial charge on any atom is 0.416 e. The summed E-state index contributed by atoms with van der Waals surface area (Å²) in [7, 11) is -4.07. The van der Waals surface area contributed by atoms with E-state index in [4.69, 9.17) is 5.26 Å². The Labute approximate surface area is 156 Å². The van der Waals surface area contributed by atoms with E-state index in [-0.39, 0.29) is 50.2 Å². The number of carbonyl (C=O) groups is 1. The Morgan fingerprint density at radius 2 is 2.00 bits per heavy atom. The van der Waals surface area contributed by atoms with E-state index < -0.39 is 26.7 Å². The van der Waals surface area contributed by atoms with Crippen molar-refractivity contribution >= 4 is 15.9 Å². The highest BCUT2D eigenvalue weighted by molar-refractivity contribution is 7.89. The molecule has 6 nitrogen and oxygen atoms in total. The van der Waals surface area contributed by atoms with Gasteiger partial charge < -0.3 is 5.32 Å². The fourth-order valence-corrected chi connectivity index (χ4v) is 4.41. The number of benzene rings is 1. The van der Waals surface area contributed by atoms with Crippen molar-refractivity contribution in [2.75, 3.05) is 13.1 Å². The largest absolute Gasteiger partial charge is 0.416 e. The Kier molecular flexibility index (Phi) is 6.49. The monoisotopic (exact) mass is 403 g/mol. The molecular formula is C17H20F3N3O3S. The first-order valence-electron chi connectivity index (χ1n) is 8.40. The van der Waals surface area contributed by atoms with Crippen molar-refractivity contribution in [1.82, 2.24) is 9.62 Å². The molecular weight excluding hydrogens is 383 g/mol. The van der Waals surface area contributed by atoms with Crippen LogP contribution in [0, 0.1) is 17.2 Å². The van der Waals surface area contributed by atoms with Gasteiger partial charge in [0.1, 0.15) is 0 Å². The summed E-state index contributed by atoms with van der Waals surface area (Å²) in [5.74, 6) is -0.632. The summed E-state index contributed by atoms with van der Waals surface area (Å²) in [6.45, 7) is 1.79. The van der Waals surface area contributed by atoms with Crippen LogP contribution in [-0.4, -0.2) is 37.8 Å². The minimum atomic E-state index is -4.63. The molecule has 0 aliphatic carbocycles. The minimum Gasteiger partial charge on any atom is -0.352 e. The number of sulfonamides is 1. The number of amides is 1. The molecule has 1 aliphatic rings. The van der Waals surface area contributed by atoms with Crippen molar-refractivity contribution in [2.45, 2.75) is 43.3 Å². The molecule has 1 saturated heterocycles. The molecule has 0 unspecified atom stereocenters. The van der Waals surface area contributed by atoms with Crippen LogP contribution in [0.1, 0.15) is 31.7 Å². The third kappa shape index (κ3) is 5.20. The first-order chi connectivity index (χ1) is 12.6. The summed E-state index contributed by atoms with van der Waals surface area (Å²) in [5, 5.41) is 11.3. The van der Waals surface area contributed by atoms with Crippen LogP contribution >= 0.6 is 0 Å². The van der Waals surface area contributed by atoms with Gasteiger partial charge in [-0.3, -0.25) is 4.79 Å². The number of rotatable bonds is 5. The average Bonchev–Trinajstić information content (AvgIpc) is 2.61. The zero-order chi connectivity index (χ0) is 20.2. The van der Waals surface area contributed by atoms with Crippen molar-refractivity contribution < 1.29 is 26.4 Å². The Morgan fingerprint density at radius 1 is 1.37 bits per heavy atom. The van der Waals surface area contributed by atoms with Gasteiger partial charge in [-0.15, -0.1) is 0 Å². The summed E-state index contributed by atoms with van der Waals surface area (Å²) >= 11 is 0. The van der Waals surface area contributed by atoms with Crippen LogP contribution in [-0.2, 0) is 21.0 Å². The van der Waals surface area contributed by atoms with Gasteiger partial charge >= 0.3 is 6.18 Å². The van der Waals surface area contributed by atoms with E-state index in [1.807, 2.05) is 6.07 Å². The molecule has 1 heterocycles. The minimum absolute atomic E-state index is 0.0449. The fraction of sp³-hybridized carbons (Fsp3) is 0.529. The van der Waals surface area contributed by atoms with Gasteiger partial charge in [0.2, 0.25) is 15.9 Å². The number of nitrogens with one attached hydrogen (secondary N) is 1. The zero-order valence-electron chi connectivity index (χ0n) is 14.7. The van der Waals surface area contributed by atoms with Gasteiger partial charge in [-0.1, -0.05) is 6.07 Å². The van der Waals surface area contributed by atoms with E-state index >= 15 is 0 Å². The average molecular weight is 403 g/mol. The molecule has 1 aliphatic heterocycles. The van der Waals surface area contributed by atoms with Gasteiger partial charge in [0.05, 0.1) is 22.9 Å². The highest BCUT2D eigenvalue weighted by atomic mass is 32.2. The maximum atomic E-state index is 12.8. The highest BCUT2D eigenvalue weighted by Crippen LogP contribution is 2.32. The number of piperidine rings is 1. The van der Waals surface area contributed by atoms with Crippen molar-refractivity contribution in [2.24, 2.45) is 5.92 Å². The smallest absolute Gasteiger partial charge is 0.352 e. The van der Waals surface area contributed by atoms with Gasteiger partial charge in [0.25, 0.3) is 0 Å². The van der Waals surface area contributed by atoms with Crippen LogP contribution in [0.25, 0.3) is 0 Å². The van der Waals surface area contributed by atoms with E-state index in [1.165, 1.54) is 0 Å². The summed E-state index contributed by atoms with van der Waals surface area (Å²) in [6.07, 6.45) is -3.92. The number of nitrogens with zero attached hydrogens (tertiary/aromatic N) is 2. The molecule has 10 heteroatoms. The second kappa shape index (κ2) is 8.27. The third-order valence-corrected chi connectivity index (χ3v) is 6.30. The molecule has 0 spiro atoms. The summed E-state index contributed by atoms with van der Waals surface area (Å²) in [6, 6.07) is 5.29. The first kappa shape index (κ1) is 21.2. The lowest BCUT2D eigenvalue weighted by Crippen LogP contribution is -2.44. The molecule has 1 fully saturated rings. The summed E-state index contributed by atoms with van der Waals surface area (Å²) < 4.78 is 64.8. The Hall–Kier alpha value is -2.12. The summed E-state index contributed by atoms with van der Waals surface area (Å²) in [4.78, 5) is 11.7. The lowest BCUT2D eigenvalue weighted by Gasteiger charge is -2.31. The second-order valence-corrected chi connectivity index (χ2v) is 8.41. The molecule has 0 radical (unpaired) electrons. The van der Waals surface area contributed by atoms with E-state index in [9.17, 15) is 26.4 Å². The van der Waals surface area contributed by atoms with Crippen LogP contribution in [0.5, 0.6) is 0 Å². The third-order valence-electron chi connectivity index (χ3n) is 4.41. The topological polar surface area (TPSA) is 90.3 Å². The number of hydrogen-bond acceptors (Lipinski definition) is 4. The molecule has 1 atom stereocenters. The zero-order valence-corrected chi connectivity index (χ0v) is 15.5. The Morgan fingerprint density at radius 3 is 2.56 bits per heavy atom. The van der Waals surface area contributed by atoms with Gasteiger partial charge in [0, 0.05) is 25.0 Å². The number of alkyl halides is 3. The summed E-state index contributed by atoms with van der Waals surface area (Å²) in [5.41, 5.74) is -1.02. The molecule has 1 N–H and O–H groups in total. The lowest BCUT2D eigenvalue weighted by atomic mass is 9.97. The molecule has 0 aromatic heterocycles. The number of nitriles is 1. The van der Waals surface area contributed by atoms with E-state index in [1.54, 1.807) is 6.92 Å². The number of carbonyl (C=O) groups excluding carboxylic acids is 1. The van der Waals surface area contributed by atoms with E-state index in [0.29, 0.717) is 6.07 Å². The van der Waals surface area contributed by atoms with Crippen LogP contribution < -0.4 is 5.32 Å². The molecule has 1 aromatic rings. The predicted molar refractivity (Wildman–Crippen MR) is 90.8 cm³/mol. The Bertz CT molecular complexity index is 826. The highest BCUT2D eigenvalue weighted by Gasteiger charge is 2.35. The van der Waals surface area contributed by atoms with Crippen molar-refractivity contribution in [3.05, 3.63) is 29.8 Å². The predicted octanol–water partition coefficient (Wildman–Crippen LogP) is 2.52. The van der Waals surface area contributed by atoms with E-state index in [0.717, 1.165) is 22.5 Å². The van der Waals surface area contributed by atoms with Crippen molar-refractivity contribution in [3.8, 4) is 6.07 Å². The number of hydrogen-bond donors (Lipinski definition) is 1. The normalized spacial score (nSPS) is 17.9. The van der Waals surface area contributed by atoms with Gasteiger partial charge in [-0.2, -0.15) is 22.7 Å².